The molecule has 0 radical (unpaired) electrons. The Morgan fingerprint density at radius 1 is 1.33 bits per heavy atom. The summed E-state index contributed by atoms with van der Waals surface area (Å²) in [4.78, 5) is 4.35. The van der Waals surface area contributed by atoms with E-state index in [1.807, 2.05) is 12.1 Å². The van der Waals surface area contributed by atoms with Gasteiger partial charge in [0.15, 0.2) is 5.58 Å². The molecule has 18 heavy (non-hydrogen) atoms. The summed E-state index contributed by atoms with van der Waals surface area (Å²) >= 11 is 1.53. The molecule has 0 saturated heterocycles. The van der Waals surface area contributed by atoms with Crippen LogP contribution in [0.25, 0.3) is 11.1 Å². The highest BCUT2D eigenvalue weighted by atomic mass is 32.2. The Kier molecular flexibility index (Phi) is 4.86. The molecular formula is C12H16N2O3S. The number of hydrogen-bond acceptors (Lipinski definition) is 6. The van der Waals surface area contributed by atoms with Gasteiger partial charge in [-0.15, -0.1) is 0 Å². The van der Waals surface area contributed by atoms with Gasteiger partial charge in [-0.25, -0.2) is 4.98 Å². The van der Waals surface area contributed by atoms with Crippen LogP contribution in [0.4, 0.5) is 5.69 Å². The molecule has 0 saturated carbocycles. The van der Waals surface area contributed by atoms with E-state index >= 15 is 0 Å². The largest absolute Gasteiger partial charge is 0.431 e. The molecule has 6 heteroatoms. The minimum atomic E-state index is 0.612. The highest BCUT2D eigenvalue weighted by Crippen LogP contribution is 2.24. The van der Waals surface area contributed by atoms with Gasteiger partial charge in [0.25, 0.3) is 5.22 Å². The normalized spacial score (nSPS) is 11.2. The first-order valence-electron chi connectivity index (χ1n) is 5.65. The lowest BCUT2D eigenvalue weighted by atomic mass is 10.3. The Hall–Kier alpha value is -1.24. The van der Waals surface area contributed by atoms with Crippen molar-refractivity contribution in [3.8, 4) is 0 Å². The Balaban J connectivity index is 1.81. The maximum atomic E-state index is 5.67. The molecule has 5 nitrogen and oxygen atoms in total. The summed E-state index contributed by atoms with van der Waals surface area (Å²) in [6.07, 6.45) is 0. The molecule has 0 bridgehead atoms. The van der Waals surface area contributed by atoms with Crippen LogP contribution in [-0.4, -0.2) is 37.7 Å². The molecule has 0 aliphatic heterocycles. The van der Waals surface area contributed by atoms with E-state index in [-0.39, 0.29) is 0 Å². The van der Waals surface area contributed by atoms with Crippen molar-refractivity contribution >= 4 is 28.5 Å². The summed E-state index contributed by atoms with van der Waals surface area (Å²) < 4.78 is 15.8. The number of thioether (sulfide) groups is 1. The molecule has 0 unspecified atom stereocenters. The summed E-state index contributed by atoms with van der Waals surface area (Å²) in [5, 5.41) is 0.644. The number of benzene rings is 1. The second kappa shape index (κ2) is 6.63. The second-order valence-electron chi connectivity index (χ2n) is 3.66. The summed E-state index contributed by atoms with van der Waals surface area (Å²) in [5.41, 5.74) is 7.90. The number of nitrogens with zero attached hydrogens (tertiary/aromatic N) is 1. The lowest BCUT2D eigenvalue weighted by molar-refractivity contribution is 0.0789. The predicted molar refractivity (Wildman–Crippen MR) is 71.8 cm³/mol. The van der Waals surface area contributed by atoms with Gasteiger partial charge < -0.3 is 19.6 Å². The molecule has 1 aromatic carbocycles. The van der Waals surface area contributed by atoms with Gasteiger partial charge in [0.2, 0.25) is 0 Å². The lowest BCUT2D eigenvalue weighted by Gasteiger charge is -2.00. The Bertz CT molecular complexity index is 501. The average Bonchev–Trinajstić information content (AvgIpc) is 2.75. The molecule has 0 spiro atoms. The van der Waals surface area contributed by atoms with E-state index in [1.165, 1.54) is 11.8 Å². The average molecular weight is 268 g/mol. The van der Waals surface area contributed by atoms with E-state index in [2.05, 4.69) is 4.98 Å². The van der Waals surface area contributed by atoms with E-state index in [0.29, 0.717) is 30.7 Å². The highest BCUT2D eigenvalue weighted by molar-refractivity contribution is 7.99. The molecule has 2 aromatic rings. The fourth-order valence-electron chi connectivity index (χ4n) is 1.41. The first kappa shape index (κ1) is 13.2. The number of nitrogens with two attached hydrogens (primary N) is 1. The number of methoxy groups -OCH3 is 1. The van der Waals surface area contributed by atoms with Gasteiger partial charge in [-0.3, -0.25) is 0 Å². The van der Waals surface area contributed by atoms with Crippen molar-refractivity contribution < 1.29 is 13.9 Å². The minimum Gasteiger partial charge on any atom is -0.431 e. The van der Waals surface area contributed by atoms with Gasteiger partial charge in [0.05, 0.1) is 19.8 Å². The zero-order chi connectivity index (χ0) is 12.8. The standard InChI is InChI=1S/C12H16N2O3S/c1-15-4-5-16-6-7-18-12-14-10-3-2-9(13)8-11(10)17-12/h2-3,8H,4-7,13H2,1H3. The first-order valence-corrected chi connectivity index (χ1v) is 6.63. The SMILES string of the molecule is COCCOCCSc1nc2ccc(N)cc2o1. The third kappa shape index (κ3) is 3.63. The first-order chi connectivity index (χ1) is 8.79. The molecule has 0 aliphatic rings. The molecule has 0 amide bonds. The number of hydrogen-bond donors (Lipinski definition) is 1. The number of oxazole rings is 1. The van der Waals surface area contributed by atoms with Crippen molar-refractivity contribution in [1.82, 2.24) is 4.98 Å². The smallest absolute Gasteiger partial charge is 0.256 e. The number of nitrogen functional groups attached to an aromatic ring is 1. The van der Waals surface area contributed by atoms with Gasteiger partial charge in [-0.2, -0.15) is 0 Å². The Labute approximate surface area is 110 Å². The molecule has 0 fully saturated rings. The maximum Gasteiger partial charge on any atom is 0.256 e. The van der Waals surface area contributed by atoms with E-state index in [0.717, 1.165) is 16.9 Å². The van der Waals surface area contributed by atoms with Crippen LogP contribution in [0.1, 0.15) is 0 Å². The van der Waals surface area contributed by atoms with Gasteiger partial charge in [0, 0.05) is 24.6 Å². The molecule has 2 N–H and O–H groups in total. The monoisotopic (exact) mass is 268 g/mol. The quantitative estimate of drug-likeness (QED) is 0.471. The Morgan fingerprint density at radius 2 is 2.22 bits per heavy atom. The van der Waals surface area contributed by atoms with Crippen LogP contribution in [0, 0.1) is 0 Å². The van der Waals surface area contributed by atoms with Crippen LogP contribution < -0.4 is 5.73 Å². The zero-order valence-electron chi connectivity index (χ0n) is 10.2. The van der Waals surface area contributed by atoms with Crippen molar-refractivity contribution in [2.45, 2.75) is 5.22 Å². The predicted octanol–water partition coefficient (Wildman–Crippen LogP) is 2.17. The molecule has 2 rings (SSSR count). The van der Waals surface area contributed by atoms with Crippen molar-refractivity contribution in [2.24, 2.45) is 0 Å². The third-order valence-corrected chi connectivity index (χ3v) is 3.07. The zero-order valence-corrected chi connectivity index (χ0v) is 11.0. The second-order valence-corrected chi connectivity index (χ2v) is 4.71. The summed E-state index contributed by atoms with van der Waals surface area (Å²) in [5.74, 6) is 0.798. The van der Waals surface area contributed by atoms with Crippen LogP contribution in [0.2, 0.25) is 0 Å². The topological polar surface area (TPSA) is 70.5 Å². The number of fused-ring (bicyclic) bond motifs is 1. The van der Waals surface area contributed by atoms with E-state index in [1.54, 1.807) is 13.2 Å². The Morgan fingerprint density at radius 3 is 3.06 bits per heavy atom. The van der Waals surface area contributed by atoms with Crippen LogP contribution in [-0.2, 0) is 9.47 Å². The van der Waals surface area contributed by atoms with Crippen molar-refractivity contribution in [3.05, 3.63) is 18.2 Å². The molecule has 0 atom stereocenters. The van der Waals surface area contributed by atoms with Gasteiger partial charge in [-0.05, 0) is 12.1 Å². The number of rotatable bonds is 7. The van der Waals surface area contributed by atoms with Gasteiger partial charge >= 0.3 is 0 Å². The molecule has 1 aromatic heterocycles. The fourth-order valence-corrected chi connectivity index (χ4v) is 2.10. The van der Waals surface area contributed by atoms with E-state index in [9.17, 15) is 0 Å². The molecular weight excluding hydrogens is 252 g/mol. The number of aromatic nitrogens is 1. The van der Waals surface area contributed by atoms with Crippen molar-refractivity contribution in [2.75, 3.05) is 38.4 Å². The summed E-state index contributed by atoms with van der Waals surface area (Å²) in [6, 6.07) is 5.45. The van der Waals surface area contributed by atoms with Gasteiger partial charge in [0.1, 0.15) is 5.52 Å². The molecule has 0 aliphatic carbocycles. The number of ether oxygens (including phenoxy) is 2. The molecule has 98 valence electrons. The summed E-state index contributed by atoms with van der Waals surface area (Å²) in [7, 11) is 1.65. The number of anilines is 1. The van der Waals surface area contributed by atoms with Crippen LogP contribution in [0.15, 0.2) is 27.8 Å². The third-order valence-electron chi connectivity index (χ3n) is 2.28. The van der Waals surface area contributed by atoms with Crippen LogP contribution in [0.3, 0.4) is 0 Å². The van der Waals surface area contributed by atoms with Crippen molar-refractivity contribution in [1.29, 1.82) is 0 Å². The van der Waals surface area contributed by atoms with Crippen LogP contribution in [0.5, 0.6) is 0 Å². The minimum absolute atomic E-state index is 0.612. The maximum absolute atomic E-state index is 5.67. The fraction of sp³-hybridized carbons (Fsp3) is 0.417. The van der Waals surface area contributed by atoms with Crippen molar-refractivity contribution in [3.63, 3.8) is 0 Å². The van der Waals surface area contributed by atoms with E-state index < -0.39 is 0 Å². The van der Waals surface area contributed by atoms with E-state index in [4.69, 9.17) is 19.6 Å². The van der Waals surface area contributed by atoms with Crippen LogP contribution >= 0.6 is 11.8 Å². The highest BCUT2D eigenvalue weighted by Gasteiger charge is 2.06. The summed E-state index contributed by atoms with van der Waals surface area (Å²) in [6.45, 7) is 1.88. The van der Waals surface area contributed by atoms with Gasteiger partial charge in [-0.1, -0.05) is 11.8 Å². The molecule has 1 heterocycles. The lowest BCUT2D eigenvalue weighted by Crippen LogP contribution is -2.04.